The predicted octanol–water partition coefficient (Wildman–Crippen LogP) is 1.28. The van der Waals surface area contributed by atoms with E-state index < -0.39 is 0 Å². The van der Waals surface area contributed by atoms with Crippen molar-refractivity contribution >= 4 is 0 Å². The SMILES string of the molecule is Cc1nnc(-c2ccc(F)cc2)c(=O)[nH]1. The lowest BCUT2D eigenvalue weighted by molar-refractivity contribution is 0.628. The van der Waals surface area contributed by atoms with Crippen molar-refractivity contribution < 1.29 is 4.39 Å². The van der Waals surface area contributed by atoms with Crippen LogP contribution in [0.2, 0.25) is 0 Å². The number of halogens is 1. The third kappa shape index (κ3) is 1.90. The van der Waals surface area contributed by atoms with Crippen LogP contribution >= 0.6 is 0 Å². The van der Waals surface area contributed by atoms with Crippen molar-refractivity contribution in [2.24, 2.45) is 0 Å². The van der Waals surface area contributed by atoms with Gasteiger partial charge in [0.25, 0.3) is 5.56 Å². The molecule has 0 saturated carbocycles. The van der Waals surface area contributed by atoms with Gasteiger partial charge in [-0.15, -0.1) is 10.2 Å². The van der Waals surface area contributed by atoms with E-state index in [0.717, 1.165) is 0 Å². The van der Waals surface area contributed by atoms with Gasteiger partial charge in [-0.3, -0.25) is 4.79 Å². The van der Waals surface area contributed by atoms with E-state index >= 15 is 0 Å². The van der Waals surface area contributed by atoms with Crippen molar-refractivity contribution in [2.45, 2.75) is 6.92 Å². The van der Waals surface area contributed by atoms with Gasteiger partial charge in [-0.05, 0) is 31.2 Å². The molecule has 1 aromatic heterocycles. The highest BCUT2D eigenvalue weighted by Gasteiger charge is 2.05. The maximum absolute atomic E-state index is 12.6. The summed E-state index contributed by atoms with van der Waals surface area (Å²) in [4.78, 5) is 14.0. The molecule has 0 atom stereocenters. The molecule has 1 heterocycles. The fraction of sp³-hybridized carbons (Fsp3) is 0.100. The fourth-order valence-electron chi connectivity index (χ4n) is 1.22. The van der Waals surface area contributed by atoms with Crippen LogP contribution in [0.4, 0.5) is 4.39 Å². The quantitative estimate of drug-likeness (QED) is 0.762. The number of aromatic amines is 1. The molecule has 0 aliphatic rings. The minimum absolute atomic E-state index is 0.195. The number of H-pyrrole nitrogens is 1. The third-order valence-corrected chi connectivity index (χ3v) is 1.93. The maximum Gasteiger partial charge on any atom is 0.277 e. The lowest BCUT2D eigenvalue weighted by Crippen LogP contribution is -2.14. The summed E-state index contributed by atoms with van der Waals surface area (Å²) in [5.74, 6) is 0.0983. The summed E-state index contributed by atoms with van der Waals surface area (Å²) in [6.45, 7) is 1.64. The maximum atomic E-state index is 12.6. The number of aryl methyl sites for hydroxylation is 1. The van der Waals surface area contributed by atoms with E-state index in [9.17, 15) is 9.18 Å². The molecule has 2 rings (SSSR count). The minimum Gasteiger partial charge on any atom is -0.307 e. The summed E-state index contributed by atoms with van der Waals surface area (Å²) < 4.78 is 12.6. The molecule has 0 aliphatic heterocycles. The molecule has 5 heteroatoms. The summed E-state index contributed by atoms with van der Waals surface area (Å²) in [5.41, 5.74) is 0.417. The van der Waals surface area contributed by atoms with E-state index in [2.05, 4.69) is 15.2 Å². The smallest absolute Gasteiger partial charge is 0.277 e. The number of nitrogens with one attached hydrogen (secondary N) is 1. The van der Waals surface area contributed by atoms with E-state index in [1.807, 2.05) is 0 Å². The Balaban J connectivity index is 2.55. The standard InChI is InChI=1S/C10H8FN3O/c1-6-12-10(15)9(14-13-6)7-2-4-8(11)5-3-7/h2-5H,1H3,(H,12,13,15). The number of hydrogen-bond donors (Lipinski definition) is 1. The molecule has 0 spiro atoms. The van der Waals surface area contributed by atoms with Crippen LogP contribution in [0.5, 0.6) is 0 Å². The highest BCUT2D eigenvalue weighted by Crippen LogP contribution is 2.12. The Morgan fingerprint density at radius 1 is 1.20 bits per heavy atom. The summed E-state index contributed by atoms with van der Waals surface area (Å²) in [6, 6.07) is 5.53. The van der Waals surface area contributed by atoms with Crippen molar-refractivity contribution in [3.63, 3.8) is 0 Å². The lowest BCUT2D eigenvalue weighted by Gasteiger charge is -1.98. The monoisotopic (exact) mass is 205 g/mol. The number of hydrogen-bond acceptors (Lipinski definition) is 3. The molecule has 0 aliphatic carbocycles. The van der Waals surface area contributed by atoms with Gasteiger partial charge in [0.15, 0.2) is 5.69 Å². The summed E-state index contributed by atoms with van der Waals surface area (Å²) in [7, 11) is 0. The first kappa shape index (κ1) is 9.51. The zero-order valence-electron chi connectivity index (χ0n) is 7.99. The van der Waals surface area contributed by atoms with Crippen LogP contribution < -0.4 is 5.56 Å². The van der Waals surface area contributed by atoms with Crippen LogP contribution in [0.15, 0.2) is 29.1 Å². The van der Waals surface area contributed by atoms with Crippen LogP contribution in [-0.4, -0.2) is 15.2 Å². The average Bonchev–Trinajstić information content (AvgIpc) is 2.20. The topological polar surface area (TPSA) is 58.6 Å². The summed E-state index contributed by atoms with van der Waals surface area (Å²) >= 11 is 0. The second kappa shape index (κ2) is 3.61. The van der Waals surface area contributed by atoms with Crippen molar-refractivity contribution in [3.05, 3.63) is 46.3 Å². The van der Waals surface area contributed by atoms with E-state index in [1.165, 1.54) is 24.3 Å². The van der Waals surface area contributed by atoms with E-state index in [0.29, 0.717) is 11.4 Å². The van der Waals surface area contributed by atoms with Crippen LogP contribution in [-0.2, 0) is 0 Å². The predicted molar refractivity (Wildman–Crippen MR) is 52.8 cm³/mol. The van der Waals surface area contributed by atoms with Crippen molar-refractivity contribution in [1.29, 1.82) is 0 Å². The zero-order valence-corrected chi connectivity index (χ0v) is 7.99. The van der Waals surface area contributed by atoms with Crippen LogP contribution in [0.1, 0.15) is 5.82 Å². The molecule has 15 heavy (non-hydrogen) atoms. The van der Waals surface area contributed by atoms with Gasteiger partial charge in [0.1, 0.15) is 11.6 Å². The summed E-state index contributed by atoms with van der Waals surface area (Å²) in [6.07, 6.45) is 0. The van der Waals surface area contributed by atoms with Gasteiger partial charge in [-0.25, -0.2) is 4.39 Å². The molecule has 0 radical (unpaired) electrons. The molecule has 4 nitrogen and oxygen atoms in total. The summed E-state index contributed by atoms with van der Waals surface area (Å²) in [5, 5.41) is 7.50. The molecule has 0 bridgehead atoms. The second-order valence-electron chi connectivity index (χ2n) is 3.10. The fourth-order valence-corrected chi connectivity index (χ4v) is 1.22. The number of aromatic nitrogens is 3. The number of rotatable bonds is 1. The van der Waals surface area contributed by atoms with Gasteiger partial charge in [0.2, 0.25) is 0 Å². The number of benzene rings is 1. The Hall–Kier alpha value is -2.04. The van der Waals surface area contributed by atoms with Gasteiger partial charge in [0.05, 0.1) is 0 Å². The van der Waals surface area contributed by atoms with Crippen LogP contribution in [0.3, 0.4) is 0 Å². The van der Waals surface area contributed by atoms with Crippen molar-refractivity contribution in [2.75, 3.05) is 0 Å². The first-order valence-electron chi connectivity index (χ1n) is 4.36. The minimum atomic E-state index is -0.352. The Kier molecular flexibility index (Phi) is 2.29. The molecule has 1 aromatic carbocycles. The first-order valence-corrected chi connectivity index (χ1v) is 4.36. The highest BCUT2D eigenvalue weighted by atomic mass is 19.1. The Labute approximate surface area is 84.8 Å². The van der Waals surface area contributed by atoms with Gasteiger partial charge < -0.3 is 4.98 Å². The lowest BCUT2D eigenvalue weighted by atomic mass is 10.2. The van der Waals surface area contributed by atoms with E-state index in [1.54, 1.807) is 6.92 Å². The molecule has 0 saturated heterocycles. The average molecular weight is 205 g/mol. The van der Waals surface area contributed by atoms with Gasteiger partial charge in [0, 0.05) is 5.56 Å². The molecule has 2 aromatic rings. The van der Waals surface area contributed by atoms with Crippen molar-refractivity contribution in [1.82, 2.24) is 15.2 Å². The van der Waals surface area contributed by atoms with Gasteiger partial charge in [-0.2, -0.15) is 0 Å². The number of nitrogens with zero attached hydrogens (tertiary/aromatic N) is 2. The van der Waals surface area contributed by atoms with E-state index in [-0.39, 0.29) is 17.1 Å². The molecule has 0 unspecified atom stereocenters. The molecular formula is C10H8FN3O. The van der Waals surface area contributed by atoms with Crippen LogP contribution in [0.25, 0.3) is 11.3 Å². The molecule has 0 amide bonds. The van der Waals surface area contributed by atoms with E-state index in [4.69, 9.17) is 0 Å². The van der Waals surface area contributed by atoms with Gasteiger partial charge in [-0.1, -0.05) is 0 Å². The third-order valence-electron chi connectivity index (χ3n) is 1.93. The van der Waals surface area contributed by atoms with Crippen molar-refractivity contribution in [3.8, 4) is 11.3 Å². The Morgan fingerprint density at radius 2 is 1.87 bits per heavy atom. The second-order valence-corrected chi connectivity index (χ2v) is 3.10. The zero-order chi connectivity index (χ0) is 10.8. The Bertz CT molecular complexity index is 533. The largest absolute Gasteiger partial charge is 0.307 e. The molecular weight excluding hydrogens is 197 g/mol. The first-order chi connectivity index (χ1) is 7.16. The molecule has 76 valence electrons. The Morgan fingerprint density at radius 3 is 2.47 bits per heavy atom. The van der Waals surface area contributed by atoms with Crippen LogP contribution in [0, 0.1) is 12.7 Å². The molecule has 0 fully saturated rings. The molecule has 1 N–H and O–H groups in total. The normalized spacial score (nSPS) is 10.3. The van der Waals surface area contributed by atoms with Gasteiger partial charge >= 0.3 is 0 Å². The highest BCUT2D eigenvalue weighted by molar-refractivity contribution is 5.56.